The minimum Gasteiger partial charge on any atom is -0.508 e. The minimum absolute atomic E-state index is 0.0331. The Labute approximate surface area is 125 Å². The number of aliphatic hydroxyl groups excluding tert-OH is 1. The van der Waals surface area contributed by atoms with E-state index in [4.69, 9.17) is 0 Å². The summed E-state index contributed by atoms with van der Waals surface area (Å²) in [6.45, 7) is 0.111. The van der Waals surface area contributed by atoms with Crippen molar-refractivity contribution in [3.8, 4) is 5.75 Å². The highest BCUT2D eigenvalue weighted by Gasteiger charge is 2.26. The van der Waals surface area contributed by atoms with Gasteiger partial charge in [0.15, 0.2) is 0 Å². The normalized spacial score (nSPS) is 18.4. The highest BCUT2D eigenvalue weighted by atomic mass is 16.3. The molecule has 2 atom stereocenters. The van der Waals surface area contributed by atoms with Gasteiger partial charge in [0.25, 0.3) is 0 Å². The number of fused-ring (bicyclic) bond motifs is 1. The molecular formula is C18H21NO2. The Morgan fingerprint density at radius 3 is 2.67 bits per heavy atom. The zero-order valence-electron chi connectivity index (χ0n) is 12.0. The summed E-state index contributed by atoms with van der Waals surface area (Å²) in [7, 11) is 0. The standard InChI is InChI=1S/C18H21NO2/c20-12-14(11-13-5-2-1-3-6-13)19-17-10-9-16-15(17)7-4-8-18(16)21/h1-8,14,17,19-21H,9-12H2/t14-,17?/m1/s1. The quantitative estimate of drug-likeness (QED) is 0.790. The molecular weight excluding hydrogens is 262 g/mol. The second kappa shape index (κ2) is 6.29. The first-order chi connectivity index (χ1) is 10.3. The molecule has 3 heteroatoms. The molecule has 3 nitrogen and oxygen atoms in total. The zero-order valence-corrected chi connectivity index (χ0v) is 12.0. The molecule has 21 heavy (non-hydrogen) atoms. The van der Waals surface area contributed by atoms with Crippen LogP contribution < -0.4 is 5.32 Å². The molecule has 0 saturated heterocycles. The average molecular weight is 283 g/mol. The third-order valence-corrected chi connectivity index (χ3v) is 4.23. The molecule has 0 spiro atoms. The smallest absolute Gasteiger partial charge is 0.119 e. The summed E-state index contributed by atoms with van der Waals surface area (Å²) < 4.78 is 0. The van der Waals surface area contributed by atoms with E-state index < -0.39 is 0 Å². The maximum absolute atomic E-state index is 9.90. The van der Waals surface area contributed by atoms with E-state index in [0.717, 1.165) is 24.8 Å². The van der Waals surface area contributed by atoms with Gasteiger partial charge in [0.05, 0.1) is 6.61 Å². The molecule has 3 N–H and O–H groups in total. The van der Waals surface area contributed by atoms with Crippen LogP contribution in [0.15, 0.2) is 48.5 Å². The predicted molar refractivity (Wildman–Crippen MR) is 83.3 cm³/mol. The van der Waals surface area contributed by atoms with Crippen molar-refractivity contribution in [3.05, 3.63) is 65.2 Å². The molecule has 1 aliphatic rings. The van der Waals surface area contributed by atoms with Crippen molar-refractivity contribution in [1.82, 2.24) is 5.32 Å². The van der Waals surface area contributed by atoms with Crippen LogP contribution in [0, 0.1) is 0 Å². The van der Waals surface area contributed by atoms with E-state index in [1.165, 1.54) is 11.1 Å². The highest BCUT2D eigenvalue weighted by Crippen LogP contribution is 2.36. The van der Waals surface area contributed by atoms with Gasteiger partial charge < -0.3 is 15.5 Å². The SMILES string of the molecule is OC[C@@H](Cc1ccccc1)NC1CCc2c(O)cccc21. The Kier molecular flexibility index (Phi) is 4.23. The molecule has 0 aromatic heterocycles. The topological polar surface area (TPSA) is 52.5 Å². The lowest BCUT2D eigenvalue weighted by molar-refractivity contribution is 0.230. The molecule has 2 aromatic rings. The fraction of sp³-hybridized carbons (Fsp3) is 0.333. The third-order valence-electron chi connectivity index (χ3n) is 4.23. The average Bonchev–Trinajstić information content (AvgIpc) is 2.92. The maximum atomic E-state index is 9.90. The number of phenolic OH excluding ortho intramolecular Hbond substituents is 1. The Morgan fingerprint density at radius 2 is 1.90 bits per heavy atom. The summed E-state index contributed by atoms with van der Waals surface area (Å²) in [5.74, 6) is 0.389. The van der Waals surface area contributed by atoms with Gasteiger partial charge in [0, 0.05) is 12.1 Å². The second-order valence-electron chi connectivity index (χ2n) is 5.67. The van der Waals surface area contributed by atoms with Crippen molar-refractivity contribution in [3.63, 3.8) is 0 Å². The molecule has 3 rings (SSSR count). The number of nitrogens with one attached hydrogen (secondary N) is 1. The lowest BCUT2D eigenvalue weighted by Gasteiger charge is -2.22. The largest absolute Gasteiger partial charge is 0.508 e. The van der Waals surface area contributed by atoms with Gasteiger partial charge in [-0.3, -0.25) is 0 Å². The van der Waals surface area contributed by atoms with Gasteiger partial charge in [0.1, 0.15) is 5.75 Å². The minimum atomic E-state index is 0.0331. The van der Waals surface area contributed by atoms with E-state index in [-0.39, 0.29) is 18.7 Å². The van der Waals surface area contributed by atoms with Gasteiger partial charge in [0.2, 0.25) is 0 Å². The Morgan fingerprint density at radius 1 is 1.10 bits per heavy atom. The van der Waals surface area contributed by atoms with Crippen LogP contribution in [0.2, 0.25) is 0 Å². The fourth-order valence-electron chi connectivity index (χ4n) is 3.17. The van der Waals surface area contributed by atoms with Crippen molar-refractivity contribution in [2.75, 3.05) is 6.61 Å². The molecule has 2 aromatic carbocycles. The maximum Gasteiger partial charge on any atom is 0.119 e. The van der Waals surface area contributed by atoms with Crippen molar-refractivity contribution in [2.45, 2.75) is 31.3 Å². The molecule has 0 saturated carbocycles. The van der Waals surface area contributed by atoms with Gasteiger partial charge in [-0.05, 0) is 42.0 Å². The van der Waals surface area contributed by atoms with Gasteiger partial charge in [-0.1, -0.05) is 42.5 Å². The van der Waals surface area contributed by atoms with Crippen LogP contribution in [-0.2, 0) is 12.8 Å². The van der Waals surface area contributed by atoms with Crippen LogP contribution in [-0.4, -0.2) is 22.9 Å². The van der Waals surface area contributed by atoms with Gasteiger partial charge in [-0.2, -0.15) is 0 Å². The number of rotatable bonds is 5. The highest BCUT2D eigenvalue weighted by molar-refractivity contribution is 5.44. The summed E-state index contributed by atoms with van der Waals surface area (Å²) in [5, 5.41) is 23.1. The Bertz CT molecular complexity index is 597. The van der Waals surface area contributed by atoms with Crippen molar-refractivity contribution in [2.24, 2.45) is 0 Å². The second-order valence-corrected chi connectivity index (χ2v) is 5.67. The molecule has 0 radical (unpaired) electrons. The number of phenols is 1. The van der Waals surface area contributed by atoms with E-state index in [0.29, 0.717) is 5.75 Å². The number of hydrogen-bond acceptors (Lipinski definition) is 3. The van der Waals surface area contributed by atoms with Crippen molar-refractivity contribution < 1.29 is 10.2 Å². The summed E-state index contributed by atoms with van der Waals surface area (Å²) in [6.07, 6.45) is 2.67. The Balaban J connectivity index is 1.70. The van der Waals surface area contributed by atoms with Crippen molar-refractivity contribution in [1.29, 1.82) is 0 Å². The van der Waals surface area contributed by atoms with E-state index in [1.807, 2.05) is 24.3 Å². The molecule has 0 heterocycles. The molecule has 1 unspecified atom stereocenters. The number of benzene rings is 2. The first-order valence-electron chi connectivity index (χ1n) is 7.49. The zero-order chi connectivity index (χ0) is 14.7. The summed E-state index contributed by atoms with van der Waals surface area (Å²) in [6, 6.07) is 16.2. The fourth-order valence-corrected chi connectivity index (χ4v) is 3.17. The van der Waals surface area contributed by atoms with Gasteiger partial charge >= 0.3 is 0 Å². The summed E-state index contributed by atoms with van der Waals surface area (Å²) >= 11 is 0. The van der Waals surface area contributed by atoms with E-state index >= 15 is 0 Å². The van der Waals surface area contributed by atoms with E-state index in [1.54, 1.807) is 6.07 Å². The lowest BCUT2D eigenvalue weighted by atomic mass is 10.0. The van der Waals surface area contributed by atoms with Crippen LogP contribution in [0.1, 0.15) is 29.2 Å². The molecule has 110 valence electrons. The van der Waals surface area contributed by atoms with E-state index in [9.17, 15) is 10.2 Å². The number of aliphatic hydroxyl groups is 1. The molecule has 0 fully saturated rings. The van der Waals surface area contributed by atoms with Crippen LogP contribution >= 0.6 is 0 Å². The molecule has 1 aliphatic carbocycles. The third kappa shape index (κ3) is 3.09. The Hall–Kier alpha value is -1.84. The lowest BCUT2D eigenvalue weighted by Crippen LogP contribution is -2.36. The van der Waals surface area contributed by atoms with Crippen LogP contribution in [0.25, 0.3) is 0 Å². The van der Waals surface area contributed by atoms with Crippen LogP contribution in [0.3, 0.4) is 0 Å². The van der Waals surface area contributed by atoms with Gasteiger partial charge in [-0.15, -0.1) is 0 Å². The number of hydrogen-bond donors (Lipinski definition) is 3. The summed E-state index contributed by atoms with van der Waals surface area (Å²) in [4.78, 5) is 0. The van der Waals surface area contributed by atoms with Gasteiger partial charge in [-0.25, -0.2) is 0 Å². The first kappa shape index (κ1) is 14.1. The van der Waals surface area contributed by atoms with Crippen LogP contribution in [0.5, 0.6) is 5.75 Å². The summed E-state index contributed by atoms with van der Waals surface area (Å²) in [5.41, 5.74) is 3.44. The predicted octanol–water partition coefficient (Wildman–Crippen LogP) is 2.57. The molecule has 0 bridgehead atoms. The number of aromatic hydroxyl groups is 1. The molecule has 0 amide bonds. The van der Waals surface area contributed by atoms with E-state index in [2.05, 4.69) is 23.5 Å². The first-order valence-corrected chi connectivity index (χ1v) is 7.49. The monoisotopic (exact) mass is 283 g/mol. The molecule has 0 aliphatic heterocycles. The van der Waals surface area contributed by atoms with Crippen molar-refractivity contribution >= 4 is 0 Å². The van der Waals surface area contributed by atoms with Crippen LogP contribution in [0.4, 0.5) is 0 Å².